The summed E-state index contributed by atoms with van der Waals surface area (Å²) in [6, 6.07) is 4.30. The van der Waals surface area contributed by atoms with Crippen LogP contribution in [0.1, 0.15) is 19.3 Å². The first kappa shape index (κ1) is 21.3. The fraction of sp³-hybridized carbons (Fsp3) is 0.368. The Kier molecular flexibility index (Phi) is 6.23. The molecule has 0 spiro atoms. The molecule has 3 aromatic rings. The third-order valence-corrected chi connectivity index (χ3v) is 6.90. The molecule has 1 fully saturated rings. The van der Waals surface area contributed by atoms with E-state index in [1.165, 1.54) is 36.3 Å². The van der Waals surface area contributed by atoms with E-state index < -0.39 is 4.92 Å². The van der Waals surface area contributed by atoms with Gasteiger partial charge in [0, 0.05) is 36.7 Å². The highest BCUT2D eigenvalue weighted by atomic mass is 35.5. The number of fused-ring (bicyclic) bond motifs is 1. The molecule has 1 aliphatic heterocycles. The van der Waals surface area contributed by atoms with E-state index in [4.69, 9.17) is 17.3 Å². The number of nitrogens with zero attached hydrogens (tertiary/aromatic N) is 6. The van der Waals surface area contributed by atoms with E-state index in [-0.39, 0.29) is 11.5 Å². The van der Waals surface area contributed by atoms with Crippen molar-refractivity contribution in [3.63, 3.8) is 0 Å². The number of hydrogen-bond donors (Lipinski definition) is 1. The first-order valence-corrected chi connectivity index (χ1v) is 10.9. The summed E-state index contributed by atoms with van der Waals surface area (Å²) in [5.74, 6) is 0.752. The number of aryl methyl sites for hydroxylation is 1. The average Bonchev–Trinajstić information content (AvgIpc) is 3.12. The number of imidazole rings is 1. The maximum atomic E-state index is 11.2. The van der Waals surface area contributed by atoms with Crippen molar-refractivity contribution in [3.8, 4) is 0 Å². The molecule has 1 amide bonds. The van der Waals surface area contributed by atoms with E-state index in [9.17, 15) is 14.9 Å². The maximum absolute atomic E-state index is 11.2. The number of carbonyl (C=O) groups is 1. The van der Waals surface area contributed by atoms with E-state index in [2.05, 4.69) is 15.0 Å². The molecule has 2 N–H and O–H groups in total. The molecule has 12 heteroatoms. The minimum absolute atomic E-state index is 0.0456. The predicted octanol–water partition coefficient (Wildman–Crippen LogP) is 3.38. The Bertz CT molecular complexity index is 1130. The Morgan fingerprint density at radius 3 is 2.81 bits per heavy atom. The SMILES string of the molecule is Nc1ncnc2c1nc(Sc1cc([N+](=O)[O-])ccc1Cl)n2CCC1CCN(C=O)CC1. The third-order valence-electron chi connectivity index (χ3n) is 5.41. The molecule has 0 atom stereocenters. The van der Waals surface area contributed by atoms with Gasteiger partial charge in [-0.15, -0.1) is 0 Å². The first-order chi connectivity index (χ1) is 15.0. The average molecular weight is 462 g/mol. The smallest absolute Gasteiger partial charge is 0.270 e. The molecule has 0 radical (unpaired) electrons. The number of carbonyl (C=O) groups excluding carboxylic acids is 1. The number of aromatic nitrogens is 4. The molecule has 0 saturated carbocycles. The zero-order chi connectivity index (χ0) is 22.0. The summed E-state index contributed by atoms with van der Waals surface area (Å²) in [4.78, 5) is 36.9. The standard InChI is InChI=1S/C19H20ClN7O3S/c20-14-2-1-13(27(29)30)9-15(14)31-19-24-16-17(21)22-10-23-18(16)26(19)8-5-12-3-6-25(11-28)7-4-12/h1-2,9-12H,3-8H2,(H2,21,22,23). The van der Waals surface area contributed by atoms with E-state index in [1.807, 2.05) is 4.57 Å². The van der Waals surface area contributed by atoms with Crippen molar-refractivity contribution < 1.29 is 9.72 Å². The van der Waals surface area contributed by atoms with Gasteiger partial charge in [-0.2, -0.15) is 0 Å². The lowest BCUT2D eigenvalue weighted by atomic mass is 9.94. The van der Waals surface area contributed by atoms with Crippen LogP contribution in [0.2, 0.25) is 5.02 Å². The number of likely N-dealkylation sites (tertiary alicyclic amines) is 1. The van der Waals surface area contributed by atoms with Gasteiger partial charge in [0.15, 0.2) is 22.1 Å². The van der Waals surface area contributed by atoms with Crippen molar-refractivity contribution in [3.05, 3.63) is 39.7 Å². The summed E-state index contributed by atoms with van der Waals surface area (Å²) < 4.78 is 1.96. The molecule has 0 unspecified atom stereocenters. The van der Waals surface area contributed by atoms with E-state index in [0.29, 0.717) is 38.7 Å². The molecule has 1 saturated heterocycles. The van der Waals surface area contributed by atoms with Gasteiger partial charge >= 0.3 is 0 Å². The zero-order valence-corrected chi connectivity index (χ0v) is 18.1. The molecule has 1 aliphatic rings. The van der Waals surface area contributed by atoms with E-state index >= 15 is 0 Å². The lowest BCUT2D eigenvalue weighted by molar-refractivity contribution is -0.385. The van der Waals surface area contributed by atoms with Crippen LogP contribution in [0.15, 0.2) is 34.6 Å². The summed E-state index contributed by atoms with van der Waals surface area (Å²) in [6.07, 6.45) is 5.08. The number of rotatable bonds is 7. The van der Waals surface area contributed by atoms with Gasteiger partial charge in [0.05, 0.1) is 9.95 Å². The Labute approximate surface area is 187 Å². The molecular formula is C19H20ClN7O3S. The molecule has 4 rings (SSSR count). The third kappa shape index (κ3) is 4.57. The van der Waals surface area contributed by atoms with Gasteiger partial charge in [-0.3, -0.25) is 14.9 Å². The van der Waals surface area contributed by atoms with Gasteiger partial charge in [0.1, 0.15) is 6.33 Å². The molecule has 0 aliphatic carbocycles. The van der Waals surface area contributed by atoms with Crippen LogP contribution in [0.4, 0.5) is 11.5 Å². The van der Waals surface area contributed by atoms with Crippen LogP contribution in [-0.2, 0) is 11.3 Å². The molecule has 2 aromatic heterocycles. The molecule has 3 heterocycles. The Morgan fingerprint density at radius 1 is 1.32 bits per heavy atom. The topological polar surface area (TPSA) is 133 Å². The monoisotopic (exact) mass is 461 g/mol. The van der Waals surface area contributed by atoms with E-state index in [1.54, 1.807) is 4.90 Å². The van der Waals surface area contributed by atoms with Crippen LogP contribution in [0, 0.1) is 16.0 Å². The predicted molar refractivity (Wildman–Crippen MR) is 117 cm³/mol. The summed E-state index contributed by atoms with van der Waals surface area (Å²) in [5, 5.41) is 12.2. The molecule has 0 bridgehead atoms. The molecule has 31 heavy (non-hydrogen) atoms. The van der Waals surface area contributed by atoms with Crippen LogP contribution in [0.5, 0.6) is 0 Å². The van der Waals surface area contributed by atoms with Crippen LogP contribution < -0.4 is 5.73 Å². The van der Waals surface area contributed by atoms with Gasteiger partial charge < -0.3 is 15.2 Å². The number of halogens is 1. The summed E-state index contributed by atoms with van der Waals surface area (Å²) in [5.41, 5.74) is 7.06. The second kappa shape index (κ2) is 9.06. The number of nitrogen functional groups attached to an aromatic ring is 1. The number of hydrogen-bond acceptors (Lipinski definition) is 8. The molecular weight excluding hydrogens is 442 g/mol. The lowest BCUT2D eigenvalue weighted by Gasteiger charge is -2.29. The van der Waals surface area contributed by atoms with Crippen LogP contribution in [0.3, 0.4) is 0 Å². The Balaban J connectivity index is 1.63. The number of piperidine rings is 1. The number of anilines is 1. The normalized spacial score (nSPS) is 14.8. The van der Waals surface area contributed by atoms with Crippen molar-refractivity contribution in [2.24, 2.45) is 5.92 Å². The fourth-order valence-electron chi connectivity index (χ4n) is 3.65. The number of benzene rings is 1. The highest BCUT2D eigenvalue weighted by Gasteiger charge is 2.22. The largest absolute Gasteiger partial charge is 0.382 e. The number of non-ortho nitro benzene ring substituents is 1. The lowest BCUT2D eigenvalue weighted by Crippen LogP contribution is -2.32. The summed E-state index contributed by atoms with van der Waals surface area (Å²) >= 11 is 7.53. The van der Waals surface area contributed by atoms with Crippen LogP contribution >= 0.6 is 23.4 Å². The van der Waals surface area contributed by atoms with Gasteiger partial charge in [-0.25, -0.2) is 15.0 Å². The quantitative estimate of drug-likeness (QED) is 0.321. The molecule has 1 aromatic carbocycles. The minimum Gasteiger partial charge on any atom is -0.382 e. The Morgan fingerprint density at radius 2 is 2.10 bits per heavy atom. The van der Waals surface area contributed by atoms with E-state index in [0.717, 1.165) is 38.8 Å². The van der Waals surface area contributed by atoms with Gasteiger partial charge in [0.2, 0.25) is 6.41 Å². The molecule has 162 valence electrons. The second-order valence-corrected chi connectivity index (χ2v) is 8.74. The molecule has 10 nitrogen and oxygen atoms in total. The summed E-state index contributed by atoms with van der Waals surface area (Å²) in [6.45, 7) is 2.17. The minimum atomic E-state index is -0.460. The van der Waals surface area contributed by atoms with Crippen LogP contribution in [0.25, 0.3) is 11.2 Å². The number of amides is 1. The zero-order valence-electron chi connectivity index (χ0n) is 16.5. The van der Waals surface area contributed by atoms with Crippen molar-refractivity contribution in [2.75, 3.05) is 18.8 Å². The highest BCUT2D eigenvalue weighted by molar-refractivity contribution is 7.99. The van der Waals surface area contributed by atoms with Gasteiger partial charge in [0.25, 0.3) is 5.69 Å². The van der Waals surface area contributed by atoms with Crippen molar-refractivity contribution in [1.82, 2.24) is 24.4 Å². The van der Waals surface area contributed by atoms with Crippen LogP contribution in [-0.4, -0.2) is 48.8 Å². The Hall–Kier alpha value is -2.92. The highest BCUT2D eigenvalue weighted by Crippen LogP contribution is 2.37. The van der Waals surface area contributed by atoms with Crippen molar-refractivity contribution >= 4 is 52.4 Å². The first-order valence-electron chi connectivity index (χ1n) is 9.74. The van der Waals surface area contributed by atoms with Crippen molar-refractivity contribution in [2.45, 2.75) is 35.9 Å². The maximum Gasteiger partial charge on any atom is 0.270 e. The fourth-order valence-corrected chi connectivity index (χ4v) is 4.85. The van der Waals surface area contributed by atoms with Gasteiger partial charge in [-0.05, 0) is 43.0 Å². The number of nitrogens with two attached hydrogens (primary N) is 1. The van der Waals surface area contributed by atoms with Gasteiger partial charge in [-0.1, -0.05) is 11.6 Å². The second-order valence-electron chi connectivity index (χ2n) is 7.32. The van der Waals surface area contributed by atoms with Crippen molar-refractivity contribution in [1.29, 1.82) is 0 Å². The number of nitro benzene ring substituents is 1. The summed E-state index contributed by atoms with van der Waals surface area (Å²) in [7, 11) is 0. The number of nitro groups is 1.